The molecule has 0 saturated carbocycles. The zero-order valence-corrected chi connectivity index (χ0v) is 20.7. The lowest BCUT2D eigenvalue weighted by Gasteiger charge is -2.16. The number of nitrogens with one attached hydrogen (secondary N) is 2. The van der Waals surface area contributed by atoms with Gasteiger partial charge in [0.15, 0.2) is 0 Å². The molecule has 0 unspecified atom stereocenters. The van der Waals surface area contributed by atoms with E-state index in [0.717, 1.165) is 14.9 Å². The largest absolute Gasteiger partial charge is 0.375 e. The summed E-state index contributed by atoms with van der Waals surface area (Å²) >= 11 is 15.7. The van der Waals surface area contributed by atoms with E-state index in [1.54, 1.807) is 54.6 Å². The van der Waals surface area contributed by atoms with Gasteiger partial charge in [-0.05, 0) is 47.5 Å². The molecule has 6 nitrogen and oxygen atoms in total. The minimum absolute atomic E-state index is 0.0283. The van der Waals surface area contributed by atoms with Crippen molar-refractivity contribution in [1.29, 1.82) is 0 Å². The molecule has 1 heterocycles. The third-order valence-electron chi connectivity index (χ3n) is 5.17. The van der Waals surface area contributed by atoms with Crippen LogP contribution in [0, 0.1) is 0 Å². The smallest absolute Gasteiger partial charge is 0.278 e. The molecule has 9 heteroatoms. The van der Waals surface area contributed by atoms with E-state index in [1.807, 2.05) is 18.2 Å². The Morgan fingerprint density at radius 1 is 0.912 bits per heavy atom. The molecular weight excluding hydrogens is 541 g/mol. The van der Waals surface area contributed by atoms with Crippen LogP contribution in [0.1, 0.15) is 21.5 Å². The molecule has 1 aliphatic rings. The van der Waals surface area contributed by atoms with Crippen LogP contribution in [-0.4, -0.2) is 22.6 Å². The summed E-state index contributed by atoms with van der Waals surface area (Å²) in [6, 6.07) is 21.2. The van der Waals surface area contributed by atoms with Gasteiger partial charge in [0.25, 0.3) is 17.7 Å². The molecular formula is C25H18BrCl2N3O3. The van der Waals surface area contributed by atoms with Crippen molar-refractivity contribution in [2.24, 2.45) is 0 Å². The molecule has 34 heavy (non-hydrogen) atoms. The topological polar surface area (TPSA) is 78.5 Å². The Morgan fingerprint density at radius 2 is 1.65 bits per heavy atom. The van der Waals surface area contributed by atoms with Crippen molar-refractivity contribution >= 4 is 62.5 Å². The number of carbonyl (C=O) groups is 3. The van der Waals surface area contributed by atoms with Gasteiger partial charge in [0.1, 0.15) is 10.7 Å². The average Bonchev–Trinajstić information content (AvgIpc) is 3.02. The number of amides is 3. The average molecular weight is 559 g/mol. The molecule has 1 aliphatic heterocycles. The fraction of sp³-hybridized carbons (Fsp3) is 0.0800. The van der Waals surface area contributed by atoms with Gasteiger partial charge in [0, 0.05) is 27.3 Å². The Bertz CT molecular complexity index is 1310. The lowest BCUT2D eigenvalue weighted by atomic mass is 10.1. The molecule has 0 radical (unpaired) electrons. The lowest BCUT2D eigenvalue weighted by Crippen LogP contribution is -2.33. The second-order valence-electron chi connectivity index (χ2n) is 7.49. The van der Waals surface area contributed by atoms with Gasteiger partial charge in [-0.3, -0.25) is 19.3 Å². The maximum atomic E-state index is 12.8. The van der Waals surface area contributed by atoms with Crippen LogP contribution in [0.5, 0.6) is 0 Å². The molecule has 3 aromatic carbocycles. The van der Waals surface area contributed by atoms with Crippen molar-refractivity contribution < 1.29 is 14.4 Å². The maximum Gasteiger partial charge on any atom is 0.278 e. The van der Waals surface area contributed by atoms with E-state index in [2.05, 4.69) is 26.6 Å². The quantitative estimate of drug-likeness (QED) is 0.377. The number of benzene rings is 3. The number of anilines is 1. The van der Waals surface area contributed by atoms with E-state index in [4.69, 9.17) is 23.2 Å². The first-order chi connectivity index (χ1) is 16.3. The predicted molar refractivity (Wildman–Crippen MR) is 135 cm³/mol. The third-order valence-corrected chi connectivity index (χ3v) is 6.38. The minimum Gasteiger partial charge on any atom is -0.375 e. The molecule has 4 rings (SSSR count). The van der Waals surface area contributed by atoms with E-state index in [1.165, 1.54) is 0 Å². The van der Waals surface area contributed by atoms with Crippen LogP contribution in [0.2, 0.25) is 5.02 Å². The monoisotopic (exact) mass is 557 g/mol. The van der Waals surface area contributed by atoms with E-state index >= 15 is 0 Å². The summed E-state index contributed by atoms with van der Waals surface area (Å²) in [4.78, 5) is 38.9. The summed E-state index contributed by atoms with van der Waals surface area (Å²) in [6.07, 6.45) is 0. The van der Waals surface area contributed by atoms with Crippen LogP contribution in [0.25, 0.3) is 0 Å². The van der Waals surface area contributed by atoms with Crippen molar-refractivity contribution in [2.75, 3.05) is 5.32 Å². The second kappa shape index (κ2) is 10.4. The van der Waals surface area contributed by atoms with Gasteiger partial charge in [-0.15, -0.1) is 0 Å². The Hall–Kier alpha value is -3.13. The predicted octanol–water partition coefficient (Wildman–Crippen LogP) is 5.46. The fourth-order valence-corrected chi connectivity index (χ4v) is 4.22. The van der Waals surface area contributed by atoms with E-state index in [0.29, 0.717) is 21.8 Å². The number of halogens is 3. The van der Waals surface area contributed by atoms with E-state index in [-0.39, 0.29) is 29.7 Å². The van der Waals surface area contributed by atoms with Gasteiger partial charge in [-0.2, -0.15) is 0 Å². The molecule has 172 valence electrons. The SMILES string of the molecule is O=C(Nc1cccc(Br)c1)c1ccc(CNC2=C(Cl)C(=O)N(Cc3ccccc3Cl)C2=O)cc1. The number of imide groups is 1. The molecule has 0 aromatic heterocycles. The van der Waals surface area contributed by atoms with Crippen LogP contribution in [0.4, 0.5) is 5.69 Å². The van der Waals surface area contributed by atoms with Gasteiger partial charge in [0.05, 0.1) is 6.54 Å². The zero-order valence-electron chi connectivity index (χ0n) is 17.6. The molecule has 0 fully saturated rings. The summed E-state index contributed by atoms with van der Waals surface area (Å²) in [5, 5.41) is 6.08. The molecule has 0 saturated heterocycles. The van der Waals surface area contributed by atoms with Gasteiger partial charge in [-0.1, -0.05) is 75.5 Å². The molecule has 3 aromatic rings. The zero-order chi connectivity index (χ0) is 24.2. The van der Waals surface area contributed by atoms with Crippen LogP contribution in [-0.2, 0) is 22.7 Å². The van der Waals surface area contributed by atoms with Crippen molar-refractivity contribution in [3.05, 3.63) is 110 Å². The standard InChI is InChI=1S/C25H18BrCl2N3O3/c26-18-5-3-6-19(12-18)30-23(32)16-10-8-15(9-11-16)13-29-22-21(28)24(33)31(25(22)34)14-17-4-1-2-7-20(17)27/h1-12,29H,13-14H2,(H,30,32). The normalized spacial score (nSPS) is 13.4. The molecule has 0 atom stereocenters. The van der Waals surface area contributed by atoms with Crippen molar-refractivity contribution in [1.82, 2.24) is 10.2 Å². The highest BCUT2D eigenvalue weighted by molar-refractivity contribution is 9.10. The van der Waals surface area contributed by atoms with E-state index in [9.17, 15) is 14.4 Å². The summed E-state index contributed by atoms with van der Waals surface area (Å²) in [7, 11) is 0. The Balaban J connectivity index is 1.38. The summed E-state index contributed by atoms with van der Waals surface area (Å²) in [6.45, 7) is 0.276. The van der Waals surface area contributed by atoms with E-state index < -0.39 is 11.8 Å². The highest BCUT2D eigenvalue weighted by Crippen LogP contribution is 2.26. The van der Waals surface area contributed by atoms with Crippen LogP contribution < -0.4 is 10.6 Å². The van der Waals surface area contributed by atoms with Crippen molar-refractivity contribution in [2.45, 2.75) is 13.1 Å². The first kappa shape index (κ1) is 24.0. The number of nitrogens with zero attached hydrogens (tertiary/aromatic N) is 1. The van der Waals surface area contributed by atoms with Crippen molar-refractivity contribution in [3.8, 4) is 0 Å². The molecule has 2 N–H and O–H groups in total. The lowest BCUT2D eigenvalue weighted by molar-refractivity contribution is -0.138. The van der Waals surface area contributed by atoms with Crippen molar-refractivity contribution in [3.63, 3.8) is 0 Å². The maximum absolute atomic E-state index is 12.8. The fourth-order valence-electron chi connectivity index (χ4n) is 3.37. The summed E-state index contributed by atoms with van der Waals surface area (Å²) in [5.41, 5.74) is 2.65. The Morgan fingerprint density at radius 3 is 2.35 bits per heavy atom. The minimum atomic E-state index is -0.575. The highest BCUT2D eigenvalue weighted by atomic mass is 79.9. The molecule has 0 spiro atoms. The Labute approximate surface area is 214 Å². The first-order valence-electron chi connectivity index (χ1n) is 10.2. The summed E-state index contributed by atoms with van der Waals surface area (Å²) in [5.74, 6) is -1.33. The highest BCUT2D eigenvalue weighted by Gasteiger charge is 2.37. The number of rotatable bonds is 7. The second-order valence-corrected chi connectivity index (χ2v) is 9.19. The molecule has 0 aliphatic carbocycles. The van der Waals surface area contributed by atoms with Crippen LogP contribution in [0.3, 0.4) is 0 Å². The summed E-state index contributed by atoms with van der Waals surface area (Å²) < 4.78 is 0.866. The Kier molecular flexibility index (Phi) is 7.36. The van der Waals surface area contributed by atoms with Gasteiger partial charge in [-0.25, -0.2) is 0 Å². The van der Waals surface area contributed by atoms with Crippen LogP contribution >= 0.6 is 39.1 Å². The molecule has 0 bridgehead atoms. The number of carbonyl (C=O) groups excluding carboxylic acids is 3. The van der Waals surface area contributed by atoms with Crippen LogP contribution in [0.15, 0.2) is 88.0 Å². The first-order valence-corrected chi connectivity index (χ1v) is 11.8. The number of hydrogen-bond donors (Lipinski definition) is 2. The van der Waals surface area contributed by atoms with Gasteiger partial charge >= 0.3 is 0 Å². The number of hydrogen-bond acceptors (Lipinski definition) is 4. The van der Waals surface area contributed by atoms with Gasteiger partial charge in [0.2, 0.25) is 0 Å². The molecule has 3 amide bonds. The van der Waals surface area contributed by atoms with Gasteiger partial charge < -0.3 is 10.6 Å². The third kappa shape index (κ3) is 5.33.